The highest BCUT2D eigenvalue weighted by atomic mass is 35.5. The topological polar surface area (TPSA) is 89.2 Å². The normalized spacial score (nSPS) is 19.8. The van der Waals surface area contributed by atoms with Crippen molar-refractivity contribution in [1.82, 2.24) is 9.97 Å². The van der Waals surface area contributed by atoms with E-state index in [1.54, 1.807) is 0 Å². The van der Waals surface area contributed by atoms with E-state index in [1.807, 2.05) is 0 Å². The van der Waals surface area contributed by atoms with Crippen molar-refractivity contribution in [3.8, 4) is 0 Å². The number of halogens is 2. The molecule has 2 rings (SSSR count). The van der Waals surface area contributed by atoms with Gasteiger partial charge in [-0.15, -0.1) is 0 Å². The summed E-state index contributed by atoms with van der Waals surface area (Å²) < 4.78 is 0. The highest BCUT2D eigenvalue weighted by Crippen LogP contribution is 2.25. The molecule has 0 bridgehead atoms. The summed E-state index contributed by atoms with van der Waals surface area (Å²) >= 11 is 11.3. The van der Waals surface area contributed by atoms with Gasteiger partial charge in [-0.1, -0.05) is 11.6 Å². The second-order valence-electron chi connectivity index (χ2n) is 3.63. The summed E-state index contributed by atoms with van der Waals surface area (Å²) in [5.41, 5.74) is 5.16. The standard InChI is InChI=1S/C9H8Cl2N4O2/c10-5-2-6(14-9(11)13-5)15-3-4(8(12)17)1-7(15)16/h2,4H,1,3H2,(H2,12,17). The summed E-state index contributed by atoms with van der Waals surface area (Å²) in [5.74, 6) is -0.967. The largest absolute Gasteiger partial charge is 0.369 e. The Morgan fingerprint density at radius 1 is 1.47 bits per heavy atom. The number of carbonyl (C=O) groups is 2. The number of rotatable bonds is 2. The number of hydrogen-bond donors (Lipinski definition) is 1. The monoisotopic (exact) mass is 274 g/mol. The lowest BCUT2D eigenvalue weighted by atomic mass is 10.1. The molecular formula is C9H8Cl2N4O2. The molecule has 0 saturated carbocycles. The van der Waals surface area contributed by atoms with Gasteiger partial charge in [0, 0.05) is 19.0 Å². The fourth-order valence-electron chi connectivity index (χ4n) is 1.64. The van der Waals surface area contributed by atoms with Crippen LogP contribution >= 0.6 is 23.2 Å². The third kappa shape index (κ3) is 2.48. The lowest BCUT2D eigenvalue weighted by Gasteiger charge is -2.14. The van der Waals surface area contributed by atoms with Gasteiger partial charge < -0.3 is 5.73 Å². The molecule has 1 aromatic rings. The van der Waals surface area contributed by atoms with Gasteiger partial charge in [-0.25, -0.2) is 9.97 Å². The predicted molar refractivity (Wildman–Crippen MR) is 61.7 cm³/mol. The molecule has 1 aliphatic heterocycles. The van der Waals surface area contributed by atoms with Crippen LogP contribution in [0.25, 0.3) is 0 Å². The zero-order valence-corrected chi connectivity index (χ0v) is 10.1. The predicted octanol–water partition coefficient (Wildman–Crippen LogP) is 0.622. The van der Waals surface area contributed by atoms with Gasteiger partial charge in [0.1, 0.15) is 11.0 Å². The Bertz CT molecular complexity index is 474. The fourth-order valence-corrected chi connectivity index (χ4v) is 2.04. The maximum Gasteiger partial charge on any atom is 0.229 e. The molecule has 1 aromatic heterocycles. The average Bonchev–Trinajstić information content (AvgIpc) is 2.59. The smallest absolute Gasteiger partial charge is 0.229 e. The molecule has 90 valence electrons. The van der Waals surface area contributed by atoms with Crippen LogP contribution in [-0.4, -0.2) is 28.3 Å². The van der Waals surface area contributed by atoms with Gasteiger partial charge in [-0.3, -0.25) is 14.5 Å². The van der Waals surface area contributed by atoms with Crippen molar-refractivity contribution in [1.29, 1.82) is 0 Å². The van der Waals surface area contributed by atoms with Gasteiger partial charge in [-0.2, -0.15) is 0 Å². The van der Waals surface area contributed by atoms with E-state index in [4.69, 9.17) is 28.9 Å². The molecule has 2 amide bonds. The fraction of sp³-hybridized carbons (Fsp3) is 0.333. The van der Waals surface area contributed by atoms with E-state index in [-0.39, 0.29) is 35.1 Å². The first-order chi connectivity index (χ1) is 7.97. The van der Waals surface area contributed by atoms with Gasteiger partial charge in [0.15, 0.2) is 0 Å². The molecule has 6 nitrogen and oxygen atoms in total. The van der Waals surface area contributed by atoms with Crippen molar-refractivity contribution in [2.75, 3.05) is 11.4 Å². The molecule has 1 atom stereocenters. The van der Waals surface area contributed by atoms with Crippen LogP contribution in [0.4, 0.5) is 5.82 Å². The van der Waals surface area contributed by atoms with Gasteiger partial charge in [-0.05, 0) is 11.6 Å². The lowest BCUT2D eigenvalue weighted by molar-refractivity contribution is -0.123. The highest BCUT2D eigenvalue weighted by molar-refractivity contribution is 6.32. The highest BCUT2D eigenvalue weighted by Gasteiger charge is 2.34. The number of primary amides is 1. The van der Waals surface area contributed by atoms with Crippen molar-refractivity contribution in [3.63, 3.8) is 0 Å². The average molecular weight is 275 g/mol. The molecule has 0 aromatic carbocycles. The zero-order valence-electron chi connectivity index (χ0n) is 8.56. The number of nitrogens with zero attached hydrogens (tertiary/aromatic N) is 3. The first-order valence-electron chi connectivity index (χ1n) is 4.77. The van der Waals surface area contributed by atoms with Gasteiger partial charge in [0.2, 0.25) is 17.1 Å². The molecule has 0 radical (unpaired) electrons. The molecule has 8 heteroatoms. The van der Waals surface area contributed by atoms with E-state index in [1.165, 1.54) is 11.0 Å². The van der Waals surface area contributed by atoms with E-state index in [2.05, 4.69) is 9.97 Å². The molecule has 1 aliphatic rings. The molecular weight excluding hydrogens is 267 g/mol. The van der Waals surface area contributed by atoms with Crippen molar-refractivity contribution in [3.05, 3.63) is 16.5 Å². The number of anilines is 1. The van der Waals surface area contributed by atoms with Crippen molar-refractivity contribution in [2.45, 2.75) is 6.42 Å². The second-order valence-corrected chi connectivity index (χ2v) is 4.35. The minimum absolute atomic E-state index is 0.0529. The lowest BCUT2D eigenvalue weighted by Crippen LogP contribution is -2.29. The van der Waals surface area contributed by atoms with Crippen LogP contribution in [0.1, 0.15) is 6.42 Å². The van der Waals surface area contributed by atoms with Crippen molar-refractivity contribution >= 4 is 40.8 Å². The minimum Gasteiger partial charge on any atom is -0.369 e. The molecule has 17 heavy (non-hydrogen) atoms. The second kappa shape index (κ2) is 4.46. The summed E-state index contributed by atoms with van der Waals surface area (Å²) in [6.07, 6.45) is 0.0780. The maximum absolute atomic E-state index is 11.7. The molecule has 1 unspecified atom stereocenters. The van der Waals surface area contributed by atoms with Crippen LogP contribution in [0.2, 0.25) is 10.4 Å². The first-order valence-corrected chi connectivity index (χ1v) is 5.52. The number of aromatic nitrogens is 2. The summed E-state index contributed by atoms with van der Waals surface area (Å²) in [5, 5.41) is 0.0816. The van der Waals surface area contributed by atoms with Crippen LogP contribution in [0, 0.1) is 5.92 Å². The van der Waals surface area contributed by atoms with Gasteiger partial charge >= 0.3 is 0 Å². The number of nitrogens with two attached hydrogens (primary N) is 1. The minimum atomic E-state index is -0.507. The zero-order chi connectivity index (χ0) is 12.6. The maximum atomic E-state index is 11.7. The Kier molecular flexibility index (Phi) is 3.17. The number of hydrogen-bond acceptors (Lipinski definition) is 4. The van der Waals surface area contributed by atoms with Crippen LogP contribution in [0.5, 0.6) is 0 Å². The van der Waals surface area contributed by atoms with E-state index in [9.17, 15) is 9.59 Å². The van der Waals surface area contributed by atoms with Crippen molar-refractivity contribution in [2.24, 2.45) is 11.7 Å². The Morgan fingerprint density at radius 2 is 2.18 bits per heavy atom. The molecule has 1 saturated heterocycles. The molecule has 1 fully saturated rings. The van der Waals surface area contributed by atoms with E-state index < -0.39 is 11.8 Å². The molecule has 0 aliphatic carbocycles. The van der Waals surface area contributed by atoms with Crippen LogP contribution in [-0.2, 0) is 9.59 Å². The van der Waals surface area contributed by atoms with Crippen LogP contribution < -0.4 is 10.6 Å². The third-order valence-corrected chi connectivity index (χ3v) is 2.82. The SMILES string of the molecule is NC(=O)C1CC(=O)N(c2cc(Cl)nc(Cl)n2)C1. The number of amides is 2. The Hall–Kier alpha value is -1.40. The van der Waals surface area contributed by atoms with Gasteiger partial charge in [0.05, 0.1) is 5.92 Å². The summed E-state index contributed by atoms with van der Waals surface area (Å²) in [7, 11) is 0. The Labute approximate surface area is 107 Å². The Morgan fingerprint density at radius 3 is 2.71 bits per heavy atom. The van der Waals surface area contributed by atoms with Crippen LogP contribution in [0.15, 0.2) is 6.07 Å². The van der Waals surface area contributed by atoms with E-state index in [0.29, 0.717) is 0 Å². The number of carbonyl (C=O) groups excluding carboxylic acids is 2. The van der Waals surface area contributed by atoms with E-state index in [0.717, 1.165) is 0 Å². The quantitative estimate of drug-likeness (QED) is 0.633. The summed E-state index contributed by atoms with van der Waals surface area (Å²) in [6, 6.07) is 1.41. The Balaban J connectivity index is 2.28. The molecule has 0 spiro atoms. The first kappa shape index (κ1) is 12.1. The van der Waals surface area contributed by atoms with E-state index >= 15 is 0 Å². The molecule has 2 heterocycles. The van der Waals surface area contributed by atoms with Gasteiger partial charge in [0.25, 0.3) is 0 Å². The van der Waals surface area contributed by atoms with Crippen LogP contribution in [0.3, 0.4) is 0 Å². The third-order valence-electron chi connectivity index (χ3n) is 2.46. The molecule has 2 N–H and O–H groups in total. The van der Waals surface area contributed by atoms with Crippen molar-refractivity contribution < 1.29 is 9.59 Å². The summed E-state index contributed by atoms with van der Waals surface area (Å²) in [4.78, 5) is 31.6. The summed E-state index contributed by atoms with van der Waals surface area (Å²) in [6.45, 7) is 0.192.